The summed E-state index contributed by atoms with van der Waals surface area (Å²) in [5.74, 6) is -0.708. The maximum atomic E-state index is 13.1. The average molecular weight is 425 g/mol. The van der Waals surface area contributed by atoms with Crippen LogP contribution in [-0.2, 0) is 9.84 Å². The van der Waals surface area contributed by atoms with Crippen molar-refractivity contribution in [2.75, 3.05) is 23.7 Å². The molecule has 0 saturated carbocycles. The zero-order chi connectivity index (χ0) is 20.3. The van der Waals surface area contributed by atoms with Crippen LogP contribution in [0.4, 0.5) is 10.1 Å². The Hall–Kier alpha value is -2.12. The molecule has 2 aromatic rings. The van der Waals surface area contributed by atoms with E-state index in [4.69, 9.17) is 11.6 Å². The molecule has 8 heteroatoms. The van der Waals surface area contributed by atoms with Crippen molar-refractivity contribution in [3.63, 3.8) is 0 Å². The highest BCUT2D eigenvalue weighted by Crippen LogP contribution is 2.23. The van der Waals surface area contributed by atoms with Gasteiger partial charge in [0, 0.05) is 24.8 Å². The number of sulfone groups is 1. The lowest BCUT2D eigenvalue weighted by Gasteiger charge is -2.34. The Bertz CT molecular complexity index is 956. The minimum Gasteiger partial charge on any atom is -0.371 e. The van der Waals surface area contributed by atoms with Crippen molar-refractivity contribution in [2.45, 2.75) is 30.7 Å². The Labute approximate surface area is 169 Å². The second-order valence-electron chi connectivity index (χ2n) is 6.76. The van der Waals surface area contributed by atoms with Crippen LogP contribution in [0.25, 0.3) is 0 Å². The molecule has 28 heavy (non-hydrogen) atoms. The molecule has 1 amide bonds. The zero-order valence-corrected chi connectivity index (χ0v) is 17.1. The summed E-state index contributed by atoms with van der Waals surface area (Å²) in [5.41, 5.74) is 1.22. The number of amides is 1. The molecular formula is C20H22ClFN2O3S. The largest absolute Gasteiger partial charge is 0.371 e. The van der Waals surface area contributed by atoms with E-state index in [1.54, 1.807) is 19.1 Å². The summed E-state index contributed by atoms with van der Waals surface area (Å²) in [6, 6.07) is 10.6. The fourth-order valence-electron chi connectivity index (χ4n) is 3.25. The van der Waals surface area contributed by atoms with Crippen molar-refractivity contribution in [2.24, 2.45) is 0 Å². The van der Waals surface area contributed by atoms with Crippen molar-refractivity contribution >= 4 is 33.0 Å². The lowest BCUT2D eigenvalue weighted by atomic mass is 10.0. The molecule has 0 atom stereocenters. The summed E-state index contributed by atoms with van der Waals surface area (Å²) < 4.78 is 36.9. The van der Waals surface area contributed by atoms with E-state index in [9.17, 15) is 17.6 Å². The highest BCUT2D eigenvalue weighted by Gasteiger charge is 2.23. The fraction of sp³-hybridized carbons (Fsp3) is 0.350. The van der Waals surface area contributed by atoms with E-state index in [1.165, 1.54) is 12.1 Å². The summed E-state index contributed by atoms with van der Waals surface area (Å²) in [6.07, 6.45) is 1.50. The lowest BCUT2D eigenvalue weighted by Crippen LogP contribution is -2.44. The fourth-order valence-corrected chi connectivity index (χ4v) is 4.39. The second kappa shape index (κ2) is 8.49. The molecule has 0 aliphatic carbocycles. The van der Waals surface area contributed by atoms with Gasteiger partial charge in [-0.2, -0.15) is 0 Å². The summed E-state index contributed by atoms with van der Waals surface area (Å²) >= 11 is 5.95. The highest BCUT2D eigenvalue weighted by atomic mass is 35.5. The molecule has 150 valence electrons. The van der Waals surface area contributed by atoms with E-state index >= 15 is 0 Å². The zero-order valence-electron chi connectivity index (χ0n) is 15.5. The van der Waals surface area contributed by atoms with E-state index < -0.39 is 15.7 Å². The van der Waals surface area contributed by atoms with E-state index in [1.807, 2.05) is 12.1 Å². The van der Waals surface area contributed by atoms with Crippen LogP contribution in [0.1, 0.15) is 30.1 Å². The van der Waals surface area contributed by atoms with Crippen molar-refractivity contribution in [1.82, 2.24) is 5.32 Å². The van der Waals surface area contributed by atoms with E-state index in [-0.39, 0.29) is 28.3 Å². The summed E-state index contributed by atoms with van der Waals surface area (Å²) in [6.45, 7) is 3.10. The van der Waals surface area contributed by atoms with Gasteiger partial charge in [-0.05, 0) is 55.3 Å². The molecule has 1 N–H and O–H groups in total. The van der Waals surface area contributed by atoms with Gasteiger partial charge in [0.2, 0.25) is 0 Å². The first-order chi connectivity index (χ1) is 13.3. The van der Waals surface area contributed by atoms with E-state index in [0.717, 1.165) is 37.7 Å². The molecule has 0 unspecified atom stereocenters. The molecule has 3 rings (SSSR count). The van der Waals surface area contributed by atoms with Crippen LogP contribution in [-0.4, -0.2) is 39.2 Å². The van der Waals surface area contributed by atoms with Crippen molar-refractivity contribution in [3.05, 3.63) is 58.9 Å². The molecule has 5 nitrogen and oxygen atoms in total. The first-order valence-electron chi connectivity index (χ1n) is 9.14. The predicted molar refractivity (Wildman–Crippen MR) is 108 cm³/mol. The van der Waals surface area contributed by atoms with Gasteiger partial charge in [0.15, 0.2) is 9.84 Å². The third-order valence-corrected chi connectivity index (χ3v) is 7.01. The van der Waals surface area contributed by atoms with E-state index in [2.05, 4.69) is 10.2 Å². The maximum Gasteiger partial charge on any atom is 0.253 e. The Morgan fingerprint density at radius 3 is 2.39 bits per heavy atom. The van der Waals surface area contributed by atoms with Gasteiger partial charge in [-0.25, -0.2) is 12.8 Å². The third kappa shape index (κ3) is 4.64. The van der Waals surface area contributed by atoms with E-state index in [0.29, 0.717) is 4.90 Å². The van der Waals surface area contributed by atoms with Crippen LogP contribution < -0.4 is 10.2 Å². The SMILES string of the molecule is CCS(=O)(=O)c1ccc(N2CCC(NC(=O)c3ccc(F)cc3Cl)CC2)cc1. The topological polar surface area (TPSA) is 66.5 Å². The van der Waals surface area contributed by atoms with Gasteiger partial charge in [0.05, 0.1) is 21.2 Å². The number of carbonyl (C=O) groups is 1. The first-order valence-corrected chi connectivity index (χ1v) is 11.2. The normalized spacial score (nSPS) is 15.5. The van der Waals surface area contributed by atoms with Gasteiger partial charge in [0.1, 0.15) is 5.82 Å². The lowest BCUT2D eigenvalue weighted by molar-refractivity contribution is 0.0931. The van der Waals surface area contributed by atoms with Gasteiger partial charge >= 0.3 is 0 Å². The maximum absolute atomic E-state index is 13.1. The molecule has 0 spiro atoms. The Kier molecular flexibility index (Phi) is 6.25. The van der Waals surface area contributed by atoms with Gasteiger partial charge in [-0.15, -0.1) is 0 Å². The minimum absolute atomic E-state index is 0.00427. The van der Waals surface area contributed by atoms with Gasteiger partial charge < -0.3 is 10.2 Å². The number of rotatable bonds is 5. The number of anilines is 1. The average Bonchev–Trinajstić information content (AvgIpc) is 2.68. The quantitative estimate of drug-likeness (QED) is 0.795. The number of piperidine rings is 1. The number of nitrogens with one attached hydrogen (secondary N) is 1. The summed E-state index contributed by atoms with van der Waals surface area (Å²) in [4.78, 5) is 14.9. The van der Waals surface area contributed by atoms with Crippen LogP contribution in [0.3, 0.4) is 0 Å². The number of nitrogens with zero attached hydrogens (tertiary/aromatic N) is 1. The minimum atomic E-state index is -3.20. The van der Waals surface area contributed by atoms with Gasteiger partial charge in [-0.1, -0.05) is 18.5 Å². The number of hydrogen-bond donors (Lipinski definition) is 1. The number of hydrogen-bond acceptors (Lipinski definition) is 4. The molecule has 0 aromatic heterocycles. The number of halogens is 2. The van der Waals surface area contributed by atoms with Crippen LogP contribution in [0, 0.1) is 5.82 Å². The van der Waals surface area contributed by atoms with Gasteiger partial charge in [0.25, 0.3) is 5.91 Å². The van der Waals surface area contributed by atoms with Crippen LogP contribution in [0.5, 0.6) is 0 Å². The van der Waals surface area contributed by atoms with Crippen LogP contribution >= 0.6 is 11.6 Å². The number of carbonyl (C=O) groups excluding carboxylic acids is 1. The Morgan fingerprint density at radius 2 is 1.82 bits per heavy atom. The molecule has 2 aromatic carbocycles. The molecule has 1 saturated heterocycles. The van der Waals surface area contributed by atoms with Crippen molar-refractivity contribution < 1.29 is 17.6 Å². The molecule has 1 fully saturated rings. The van der Waals surface area contributed by atoms with Crippen molar-refractivity contribution in [1.29, 1.82) is 0 Å². The smallest absolute Gasteiger partial charge is 0.253 e. The molecular weight excluding hydrogens is 403 g/mol. The number of benzene rings is 2. The molecule has 1 aliphatic heterocycles. The summed E-state index contributed by atoms with van der Waals surface area (Å²) in [5, 5.41) is 3.05. The Balaban J connectivity index is 1.58. The molecule has 0 radical (unpaired) electrons. The van der Waals surface area contributed by atoms with Gasteiger partial charge in [-0.3, -0.25) is 4.79 Å². The van der Waals surface area contributed by atoms with Crippen molar-refractivity contribution in [3.8, 4) is 0 Å². The predicted octanol–water partition coefficient (Wildman–Crippen LogP) is 3.67. The molecule has 1 heterocycles. The summed E-state index contributed by atoms with van der Waals surface area (Å²) in [7, 11) is -3.20. The third-order valence-electron chi connectivity index (χ3n) is 4.95. The second-order valence-corrected chi connectivity index (χ2v) is 9.44. The molecule has 0 bridgehead atoms. The van der Waals surface area contributed by atoms with Crippen LogP contribution in [0.2, 0.25) is 5.02 Å². The molecule has 1 aliphatic rings. The first kappa shape index (κ1) is 20.6. The monoisotopic (exact) mass is 424 g/mol. The standard InChI is InChI=1S/C20H22ClFN2O3S/c1-2-28(26,27)17-6-4-16(5-7-17)24-11-9-15(10-12-24)23-20(25)18-8-3-14(22)13-19(18)21/h3-8,13,15H,2,9-12H2,1H3,(H,23,25). The van der Waals surface area contributed by atoms with Crippen LogP contribution in [0.15, 0.2) is 47.4 Å². The Morgan fingerprint density at radius 1 is 1.18 bits per heavy atom. The highest BCUT2D eigenvalue weighted by molar-refractivity contribution is 7.91.